The van der Waals surface area contributed by atoms with Gasteiger partial charge < -0.3 is 14.4 Å². The maximum Gasteiger partial charge on any atom is 0.410 e. The summed E-state index contributed by atoms with van der Waals surface area (Å²) >= 11 is 0. The molecule has 0 aliphatic carbocycles. The minimum absolute atomic E-state index is 0.222. The minimum Gasteiger partial charge on any atom is -0.475 e. The van der Waals surface area contributed by atoms with Crippen molar-refractivity contribution in [3.05, 3.63) is 17.5 Å². The van der Waals surface area contributed by atoms with E-state index >= 15 is 0 Å². The second-order valence-corrected chi connectivity index (χ2v) is 6.11. The molecule has 116 valence electrons. The Balaban J connectivity index is 2.18. The number of aromatic nitrogens is 1. The van der Waals surface area contributed by atoms with E-state index in [1.807, 2.05) is 20.8 Å². The Morgan fingerprint density at radius 3 is 2.71 bits per heavy atom. The summed E-state index contributed by atoms with van der Waals surface area (Å²) < 4.78 is 10.2. The van der Waals surface area contributed by atoms with Crippen LogP contribution in [0.4, 0.5) is 4.79 Å². The molecule has 2 heterocycles. The van der Waals surface area contributed by atoms with Gasteiger partial charge in [0.1, 0.15) is 11.3 Å². The number of piperidine rings is 1. The van der Waals surface area contributed by atoms with E-state index in [1.165, 1.54) is 6.07 Å². The number of likely N-dealkylation sites (tertiary alicyclic amines) is 1. The average molecular weight is 296 g/mol. The molecule has 0 saturated carbocycles. The lowest BCUT2D eigenvalue weighted by molar-refractivity contribution is 0.00864. The van der Waals surface area contributed by atoms with Crippen LogP contribution >= 0.6 is 0 Å². The first kappa shape index (κ1) is 15.3. The number of hydrogen-bond acceptors (Lipinski definition) is 5. The highest BCUT2D eigenvalue weighted by Gasteiger charge is 2.33. The van der Waals surface area contributed by atoms with Gasteiger partial charge in [-0.2, -0.15) is 0 Å². The number of amides is 1. The largest absolute Gasteiger partial charge is 0.475 e. The molecule has 1 saturated heterocycles. The highest BCUT2D eigenvalue weighted by atomic mass is 16.6. The van der Waals surface area contributed by atoms with Gasteiger partial charge in [-0.3, -0.25) is 4.90 Å². The summed E-state index contributed by atoms with van der Waals surface area (Å²) in [6, 6.07) is 1.07. The third-order valence-electron chi connectivity index (χ3n) is 3.21. The molecular weight excluding hydrogens is 276 g/mol. The van der Waals surface area contributed by atoms with Gasteiger partial charge >= 0.3 is 12.1 Å². The Bertz CT molecular complexity index is 532. The predicted octanol–water partition coefficient (Wildman–Crippen LogP) is 2.83. The summed E-state index contributed by atoms with van der Waals surface area (Å²) in [6.45, 7) is 5.99. The van der Waals surface area contributed by atoms with Crippen molar-refractivity contribution in [3.63, 3.8) is 0 Å². The summed E-state index contributed by atoms with van der Waals surface area (Å²) in [5.74, 6) is -1.40. The Hall–Kier alpha value is -2.05. The van der Waals surface area contributed by atoms with Gasteiger partial charge in [0.25, 0.3) is 0 Å². The van der Waals surface area contributed by atoms with Crippen molar-refractivity contribution in [2.24, 2.45) is 0 Å². The van der Waals surface area contributed by atoms with Crippen LogP contribution in [0.5, 0.6) is 0 Å². The molecule has 1 atom stereocenters. The third kappa shape index (κ3) is 3.74. The van der Waals surface area contributed by atoms with Gasteiger partial charge in [-0.1, -0.05) is 5.16 Å². The smallest absolute Gasteiger partial charge is 0.410 e. The Kier molecular flexibility index (Phi) is 4.20. The lowest BCUT2D eigenvalue weighted by Gasteiger charge is -2.35. The van der Waals surface area contributed by atoms with Gasteiger partial charge in [0.2, 0.25) is 5.76 Å². The molecule has 2 rings (SSSR count). The third-order valence-corrected chi connectivity index (χ3v) is 3.21. The first-order chi connectivity index (χ1) is 9.78. The number of hydrogen-bond donors (Lipinski definition) is 1. The Labute approximate surface area is 122 Å². The fraction of sp³-hybridized carbons (Fsp3) is 0.643. The molecule has 1 unspecified atom stereocenters. The van der Waals surface area contributed by atoms with Gasteiger partial charge in [0, 0.05) is 12.6 Å². The topological polar surface area (TPSA) is 92.9 Å². The molecule has 0 aromatic carbocycles. The standard InChI is InChI=1S/C14H20N2O5/c1-14(2,3)20-13(19)16-7-5-4-6-10(16)9-8-11(12(17)18)21-15-9/h8,10H,4-7H2,1-3H3,(H,17,18). The van der Waals surface area contributed by atoms with Crippen LogP contribution < -0.4 is 0 Å². The number of aromatic carboxylic acids is 1. The maximum absolute atomic E-state index is 12.3. The fourth-order valence-corrected chi connectivity index (χ4v) is 2.32. The molecule has 1 amide bonds. The number of nitrogens with zero attached hydrogens (tertiary/aromatic N) is 2. The van der Waals surface area contributed by atoms with Crippen LogP contribution in [0.3, 0.4) is 0 Å². The molecule has 1 aromatic heterocycles. The van der Waals surface area contributed by atoms with Crippen LogP contribution in [-0.4, -0.2) is 39.4 Å². The van der Waals surface area contributed by atoms with Crippen molar-refractivity contribution in [2.45, 2.75) is 51.7 Å². The summed E-state index contributed by atoms with van der Waals surface area (Å²) in [4.78, 5) is 24.7. The molecule has 7 nitrogen and oxygen atoms in total. The lowest BCUT2D eigenvalue weighted by Crippen LogP contribution is -2.42. The molecule has 1 aliphatic heterocycles. The normalized spacial score (nSPS) is 19.4. The van der Waals surface area contributed by atoms with Crippen molar-refractivity contribution in [2.75, 3.05) is 6.54 Å². The van der Waals surface area contributed by atoms with Crippen molar-refractivity contribution in [1.82, 2.24) is 10.1 Å². The Morgan fingerprint density at radius 2 is 2.14 bits per heavy atom. The minimum atomic E-state index is -1.17. The SMILES string of the molecule is CC(C)(C)OC(=O)N1CCCCC1c1cc(C(=O)O)on1. The zero-order valence-electron chi connectivity index (χ0n) is 12.5. The van der Waals surface area contributed by atoms with E-state index in [-0.39, 0.29) is 11.8 Å². The lowest BCUT2D eigenvalue weighted by atomic mass is 10.00. The van der Waals surface area contributed by atoms with E-state index in [2.05, 4.69) is 5.16 Å². The number of carboxylic acids is 1. The van der Waals surface area contributed by atoms with Crippen LogP contribution in [0.25, 0.3) is 0 Å². The number of carbonyl (C=O) groups excluding carboxylic acids is 1. The number of carboxylic acid groups (broad SMARTS) is 1. The first-order valence-electron chi connectivity index (χ1n) is 6.97. The highest BCUT2D eigenvalue weighted by molar-refractivity contribution is 5.84. The molecule has 0 spiro atoms. The van der Waals surface area contributed by atoms with E-state index in [0.29, 0.717) is 18.7 Å². The van der Waals surface area contributed by atoms with Crippen LogP contribution in [0.2, 0.25) is 0 Å². The average Bonchev–Trinajstić information content (AvgIpc) is 2.86. The van der Waals surface area contributed by atoms with Crippen LogP contribution in [0.15, 0.2) is 10.6 Å². The highest BCUT2D eigenvalue weighted by Crippen LogP contribution is 2.31. The number of ether oxygens (including phenoxy) is 1. The summed E-state index contributed by atoms with van der Waals surface area (Å²) in [5, 5.41) is 12.7. The molecule has 0 radical (unpaired) electrons. The summed E-state index contributed by atoms with van der Waals surface area (Å²) in [7, 11) is 0. The van der Waals surface area contributed by atoms with Gasteiger partial charge in [0.15, 0.2) is 0 Å². The number of rotatable bonds is 2. The second kappa shape index (κ2) is 5.75. The molecule has 1 aliphatic rings. The van der Waals surface area contributed by atoms with Gasteiger partial charge in [-0.05, 0) is 40.0 Å². The van der Waals surface area contributed by atoms with E-state index in [0.717, 1.165) is 12.8 Å². The molecule has 0 bridgehead atoms. The predicted molar refractivity (Wildman–Crippen MR) is 73.0 cm³/mol. The second-order valence-electron chi connectivity index (χ2n) is 6.11. The maximum atomic E-state index is 12.3. The fourth-order valence-electron chi connectivity index (χ4n) is 2.32. The number of carbonyl (C=O) groups is 2. The molecule has 7 heteroatoms. The zero-order chi connectivity index (χ0) is 15.6. The monoisotopic (exact) mass is 296 g/mol. The quantitative estimate of drug-likeness (QED) is 0.902. The van der Waals surface area contributed by atoms with Crippen LogP contribution in [-0.2, 0) is 4.74 Å². The van der Waals surface area contributed by atoms with E-state index in [1.54, 1.807) is 4.90 Å². The summed E-state index contributed by atoms with van der Waals surface area (Å²) in [5.41, 5.74) is -0.118. The van der Waals surface area contributed by atoms with Crippen molar-refractivity contribution < 1.29 is 24.0 Å². The summed E-state index contributed by atoms with van der Waals surface area (Å²) in [6.07, 6.45) is 2.13. The molecular formula is C14H20N2O5. The van der Waals surface area contributed by atoms with E-state index < -0.39 is 17.7 Å². The van der Waals surface area contributed by atoms with E-state index in [4.69, 9.17) is 14.4 Å². The van der Waals surface area contributed by atoms with Crippen molar-refractivity contribution >= 4 is 12.1 Å². The molecule has 21 heavy (non-hydrogen) atoms. The zero-order valence-corrected chi connectivity index (χ0v) is 12.5. The van der Waals surface area contributed by atoms with Gasteiger partial charge in [0.05, 0.1) is 6.04 Å². The van der Waals surface area contributed by atoms with Crippen LogP contribution in [0.1, 0.15) is 62.3 Å². The molecule has 1 N–H and O–H groups in total. The van der Waals surface area contributed by atoms with E-state index in [9.17, 15) is 9.59 Å². The van der Waals surface area contributed by atoms with Gasteiger partial charge in [-0.25, -0.2) is 9.59 Å². The molecule has 1 fully saturated rings. The first-order valence-corrected chi connectivity index (χ1v) is 6.97. The Morgan fingerprint density at radius 1 is 1.43 bits per heavy atom. The van der Waals surface area contributed by atoms with Crippen molar-refractivity contribution in [3.8, 4) is 0 Å². The van der Waals surface area contributed by atoms with Crippen LogP contribution in [0, 0.1) is 0 Å². The molecule has 1 aromatic rings. The van der Waals surface area contributed by atoms with Crippen molar-refractivity contribution in [1.29, 1.82) is 0 Å². The van der Waals surface area contributed by atoms with Gasteiger partial charge in [-0.15, -0.1) is 0 Å².